The van der Waals surface area contributed by atoms with Crippen molar-refractivity contribution in [2.75, 3.05) is 13.1 Å². The van der Waals surface area contributed by atoms with Gasteiger partial charge in [0.05, 0.1) is 5.60 Å². The number of likely N-dealkylation sites (tertiary alicyclic amines) is 1. The molecule has 1 aliphatic rings. The third-order valence-corrected chi connectivity index (χ3v) is 4.12. The maximum atomic E-state index is 14.0. The van der Waals surface area contributed by atoms with Gasteiger partial charge in [0, 0.05) is 24.2 Å². The summed E-state index contributed by atoms with van der Waals surface area (Å²) < 4.78 is 14.0. The van der Waals surface area contributed by atoms with Gasteiger partial charge in [0.25, 0.3) is 0 Å². The van der Waals surface area contributed by atoms with Crippen LogP contribution >= 0.6 is 12.2 Å². The average molecular weight is 296 g/mol. The van der Waals surface area contributed by atoms with Crippen LogP contribution in [0.15, 0.2) is 18.2 Å². The first-order chi connectivity index (χ1) is 9.37. The van der Waals surface area contributed by atoms with Crippen LogP contribution in [0.2, 0.25) is 0 Å². The van der Waals surface area contributed by atoms with Gasteiger partial charge in [-0.25, -0.2) is 4.39 Å². The van der Waals surface area contributed by atoms with Crippen molar-refractivity contribution in [3.05, 3.63) is 35.1 Å². The molecule has 1 atom stereocenters. The van der Waals surface area contributed by atoms with Crippen molar-refractivity contribution < 1.29 is 9.50 Å². The zero-order chi connectivity index (χ0) is 14.8. The first-order valence-corrected chi connectivity index (χ1v) is 7.31. The SMILES string of the molecule is CC1(O)CCCN(Cc2ccc(C(N)=S)cc2F)CC1. The van der Waals surface area contributed by atoms with Gasteiger partial charge >= 0.3 is 0 Å². The van der Waals surface area contributed by atoms with Crippen molar-refractivity contribution in [1.82, 2.24) is 4.90 Å². The quantitative estimate of drug-likeness (QED) is 0.840. The lowest BCUT2D eigenvalue weighted by molar-refractivity contribution is 0.0444. The Kier molecular flexibility index (Phi) is 4.73. The Labute approximate surface area is 124 Å². The topological polar surface area (TPSA) is 49.5 Å². The lowest BCUT2D eigenvalue weighted by Gasteiger charge is -2.22. The molecule has 1 aromatic rings. The fourth-order valence-electron chi connectivity index (χ4n) is 2.55. The highest BCUT2D eigenvalue weighted by Gasteiger charge is 2.25. The minimum Gasteiger partial charge on any atom is -0.390 e. The Hall–Kier alpha value is -1.04. The van der Waals surface area contributed by atoms with E-state index in [1.165, 1.54) is 6.07 Å². The molecular formula is C15H21FN2OS. The summed E-state index contributed by atoms with van der Waals surface area (Å²) >= 11 is 4.84. The molecule has 1 aromatic carbocycles. The second kappa shape index (κ2) is 6.16. The predicted molar refractivity (Wildman–Crippen MR) is 82.0 cm³/mol. The van der Waals surface area contributed by atoms with E-state index in [-0.39, 0.29) is 10.8 Å². The molecule has 0 amide bonds. The van der Waals surface area contributed by atoms with E-state index in [0.29, 0.717) is 17.7 Å². The normalized spacial score (nSPS) is 24.4. The molecule has 3 N–H and O–H groups in total. The summed E-state index contributed by atoms with van der Waals surface area (Å²) in [5, 5.41) is 10.1. The average Bonchev–Trinajstić information content (AvgIpc) is 2.53. The minimum absolute atomic E-state index is 0.210. The first kappa shape index (κ1) is 15.4. The van der Waals surface area contributed by atoms with Crippen molar-refractivity contribution in [2.24, 2.45) is 5.73 Å². The number of halogens is 1. The fraction of sp³-hybridized carbons (Fsp3) is 0.533. The van der Waals surface area contributed by atoms with E-state index in [2.05, 4.69) is 4.90 Å². The van der Waals surface area contributed by atoms with Crippen LogP contribution in [0.4, 0.5) is 4.39 Å². The van der Waals surface area contributed by atoms with Gasteiger partial charge in [-0.2, -0.15) is 0 Å². The molecule has 0 aromatic heterocycles. The molecule has 0 saturated carbocycles. The van der Waals surface area contributed by atoms with Gasteiger partial charge in [-0.05, 0) is 38.8 Å². The van der Waals surface area contributed by atoms with Gasteiger partial charge in [0.15, 0.2) is 0 Å². The maximum Gasteiger partial charge on any atom is 0.128 e. The van der Waals surface area contributed by atoms with Crippen LogP contribution in [0.5, 0.6) is 0 Å². The third kappa shape index (κ3) is 3.98. The Morgan fingerprint density at radius 2 is 2.20 bits per heavy atom. The summed E-state index contributed by atoms with van der Waals surface area (Å²) in [6.07, 6.45) is 2.45. The van der Waals surface area contributed by atoms with Crippen LogP contribution in [0.3, 0.4) is 0 Å². The van der Waals surface area contributed by atoms with Gasteiger partial charge < -0.3 is 10.8 Å². The van der Waals surface area contributed by atoms with Gasteiger partial charge in [0.1, 0.15) is 10.8 Å². The van der Waals surface area contributed by atoms with Gasteiger partial charge in [0.2, 0.25) is 0 Å². The molecule has 1 aliphatic heterocycles. The molecular weight excluding hydrogens is 275 g/mol. The van der Waals surface area contributed by atoms with Crippen molar-refractivity contribution >= 4 is 17.2 Å². The van der Waals surface area contributed by atoms with E-state index in [0.717, 1.165) is 32.4 Å². The van der Waals surface area contributed by atoms with Crippen LogP contribution in [-0.4, -0.2) is 33.7 Å². The zero-order valence-corrected chi connectivity index (χ0v) is 12.5. The number of hydrogen-bond acceptors (Lipinski definition) is 3. The molecule has 0 spiro atoms. The molecule has 20 heavy (non-hydrogen) atoms. The predicted octanol–water partition coefficient (Wildman–Crippen LogP) is 2.20. The first-order valence-electron chi connectivity index (χ1n) is 6.90. The summed E-state index contributed by atoms with van der Waals surface area (Å²) in [6, 6.07) is 4.90. The number of aliphatic hydroxyl groups is 1. The van der Waals surface area contributed by atoms with Gasteiger partial charge in [-0.15, -0.1) is 0 Å². The minimum atomic E-state index is -0.594. The summed E-state index contributed by atoms with van der Waals surface area (Å²) in [5.41, 5.74) is 6.10. The lowest BCUT2D eigenvalue weighted by atomic mass is 9.98. The van der Waals surface area contributed by atoms with E-state index in [1.54, 1.807) is 12.1 Å². The second-order valence-corrected chi connectivity index (χ2v) is 6.24. The van der Waals surface area contributed by atoms with Crippen molar-refractivity contribution in [3.63, 3.8) is 0 Å². The molecule has 5 heteroatoms. The van der Waals surface area contributed by atoms with Crippen molar-refractivity contribution in [1.29, 1.82) is 0 Å². The molecule has 0 radical (unpaired) electrons. The summed E-state index contributed by atoms with van der Waals surface area (Å²) in [7, 11) is 0. The molecule has 3 nitrogen and oxygen atoms in total. The summed E-state index contributed by atoms with van der Waals surface area (Å²) in [4.78, 5) is 2.39. The van der Waals surface area contributed by atoms with Gasteiger partial charge in [-0.1, -0.05) is 24.4 Å². The fourth-order valence-corrected chi connectivity index (χ4v) is 2.67. The summed E-state index contributed by atoms with van der Waals surface area (Å²) in [5.74, 6) is -0.272. The molecule has 0 aliphatic carbocycles. The second-order valence-electron chi connectivity index (χ2n) is 5.80. The van der Waals surface area contributed by atoms with Crippen LogP contribution < -0.4 is 5.73 Å². The largest absolute Gasteiger partial charge is 0.390 e. The van der Waals surface area contributed by atoms with Crippen LogP contribution in [0.1, 0.15) is 37.3 Å². The van der Waals surface area contributed by atoms with Crippen LogP contribution in [0, 0.1) is 5.82 Å². The van der Waals surface area contributed by atoms with E-state index in [9.17, 15) is 9.50 Å². The number of thiocarbonyl (C=S) groups is 1. The molecule has 0 bridgehead atoms. The number of hydrogen-bond donors (Lipinski definition) is 2. The lowest BCUT2D eigenvalue weighted by Crippen LogP contribution is -2.28. The molecule has 1 fully saturated rings. The Morgan fingerprint density at radius 3 is 2.85 bits per heavy atom. The highest BCUT2D eigenvalue weighted by Crippen LogP contribution is 2.23. The van der Waals surface area contributed by atoms with Gasteiger partial charge in [-0.3, -0.25) is 4.90 Å². The zero-order valence-electron chi connectivity index (χ0n) is 11.7. The Bertz CT molecular complexity index is 505. The smallest absolute Gasteiger partial charge is 0.128 e. The van der Waals surface area contributed by atoms with E-state index in [1.807, 2.05) is 6.92 Å². The Balaban J connectivity index is 2.05. The molecule has 2 rings (SSSR count). The molecule has 1 saturated heterocycles. The van der Waals surface area contributed by atoms with Crippen molar-refractivity contribution in [2.45, 2.75) is 38.3 Å². The molecule has 110 valence electrons. The summed E-state index contributed by atoms with van der Waals surface area (Å²) in [6.45, 7) is 4.09. The Morgan fingerprint density at radius 1 is 1.45 bits per heavy atom. The standard InChI is InChI=1S/C15H21FN2OS/c1-15(19)5-2-7-18(8-6-15)10-12-4-3-11(14(17)20)9-13(12)16/h3-4,9,19H,2,5-8,10H2,1H3,(H2,17,20). The van der Waals surface area contributed by atoms with Crippen molar-refractivity contribution in [3.8, 4) is 0 Å². The monoisotopic (exact) mass is 296 g/mol. The number of nitrogens with zero attached hydrogens (tertiary/aromatic N) is 1. The number of nitrogens with two attached hydrogens (primary N) is 1. The highest BCUT2D eigenvalue weighted by molar-refractivity contribution is 7.80. The number of benzene rings is 1. The molecule has 1 unspecified atom stereocenters. The van der Waals surface area contributed by atoms with E-state index < -0.39 is 5.60 Å². The number of rotatable bonds is 3. The van der Waals surface area contributed by atoms with E-state index in [4.69, 9.17) is 18.0 Å². The van der Waals surface area contributed by atoms with E-state index >= 15 is 0 Å². The van der Waals surface area contributed by atoms with Crippen LogP contribution in [-0.2, 0) is 6.54 Å². The highest BCUT2D eigenvalue weighted by atomic mass is 32.1. The molecule has 1 heterocycles. The van der Waals surface area contributed by atoms with Crippen LogP contribution in [0.25, 0.3) is 0 Å². The third-order valence-electron chi connectivity index (χ3n) is 3.89. The maximum absolute atomic E-state index is 14.0.